The summed E-state index contributed by atoms with van der Waals surface area (Å²) < 4.78 is 0. The third-order valence-electron chi connectivity index (χ3n) is 4.77. The molecule has 1 N–H and O–H groups in total. The van der Waals surface area contributed by atoms with Crippen molar-refractivity contribution in [3.8, 4) is 0 Å². The SMILES string of the molecule is O=C(O)[C@@H]1Cc2ccccc2CN1C(=O)C1CCCCC1. The number of benzene rings is 1. The van der Waals surface area contributed by atoms with Gasteiger partial charge in [-0.1, -0.05) is 43.5 Å². The topological polar surface area (TPSA) is 57.6 Å². The zero-order valence-electron chi connectivity index (χ0n) is 12.1. The van der Waals surface area contributed by atoms with Crippen LogP contribution < -0.4 is 0 Å². The van der Waals surface area contributed by atoms with Crippen LogP contribution >= 0.6 is 0 Å². The van der Waals surface area contributed by atoms with Gasteiger partial charge in [-0.2, -0.15) is 0 Å². The van der Waals surface area contributed by atoms with Crippen LogP contribution in [0.2, 0.25) is 0 Å². The number of hydrogen-bond acceptors (Lipinski definition) is 2. The Morgan fingerprint density at radius 3 is 2.38 bits per heavy atom. The summed E-state index contributed by atoms with van der Waals surface area (Å²) in [6, 6.07) is 7.12. The molecule has 21 heavy (non-hydrogen) atoms. The van der Waals surface area contributed by atoms with Crippen molar-refractivity contribution in [2.45, 2.75) is 51.1 Å². The minimum absolute atomic E-state index is 0.0193. The average Bonchev–Trinajstić information content (AvgIpc) is 2.53. The number of rotatable bonds is 2. The van der Waals surface area contributed by atoms with E-state index in [1.165, 1.54) is 6.42 Å². The van der Waals surface area contributed by atoms with Gasteiger partial charge >= 0.3 is 5.97 Å². The Balaban J connectivity index is 1.85. The third-order valence-corrected chi connectivity index (χ3v) is 4.77. The third kappa shape index (κ3) is 2.80. The van der Waals surface area contributed by atoms with Crippen molar-refractivity contribution in [3.05, 3.63) is 35.4 Å². The van der Waals surface area contributed by atoms with Crippen molar-refractivity contribution in [1.29, 1.82) is 0 Å². The molecule has 112 valence electrons. The predicted octanol–water partition coefficient (Wildman–Crippen LogP) is 2.60. The first-order valence-electron chi connectivity index (χ1n) is 7.77. The largest absolute Gasteiger partial charge is 0.480 e. The van der Waals surface area contributed by atoms with E-state index in [4.69, 9.17) is 0 Å². The molecule has 1 aromatic carbocycles. The van der Waals surface area contributed by atoms with Crippen molar-refractivity contribution in [2.75, 3.05) is 0 Å². The highest BCUT2D eigenvalue weighted by molar-refractivity contribution is 5.86. The van der Waals surface area contributed by atoms with Crippen LogP contribution in [0, 0.1) is 5.92 Å². The number of aliphatic carboxylic acids is 1. The maximum atomic E-state index is 12.7. The molecular weight excluding hydrogens is 266 g/mol. The summed E-state index contributed by atoms with van der Waals surface area (Å²) in [6.07, 6.45) is 5.59. The van der Waals surface area contributed by atoms with E-state index in [-0.39, 0.29) is 11.8 Å². The lowest BCUT2D eigenvalue weighted by Gasteiger charge is -2.37. The number of carbonyl (C=O) groups is 2. The first-order chi connectivity index (χ1) is 10.2. The molecule has 0 saturated heterocycles. The maximum Gasteiger partial charge on any atom is 0.326 e. The highest BCUT2D eigenvalue weighted by Crippen LogP contribution is 2.30. The number of carboxylic acids is 1. The monoisotopic (exact) mass is 287 g/mol. The van der Waals surface area contributed by atoms with E-state index in [2.05, 4.69) is 0 Å². The highest BCUT2D eigenvalue weighted by atomic mass is 16.4. The van der Waals surface area contributed by atoms with Crippen molar-refractivity contribution >= 4 is 11.9 Å². The highest BCUT2D eigenvalue weighted by Gasteiger charge is 2.37. The summed E-state index contributed by atoms with van der Waals surface area (Å²) in [4.78, 5) is 25.9. The van der Waals surface area contributed by atoms with Gasteiger partial charge in [0.25, 0.3) is 0 Å². The summed E-state index contributed by atoms with van der Waals surface area (Å²) in [6.45, 7) is 0.433. The van der Waals surface area contributed by atoms with Gasteiger partial charge in [-0.25, -0.2) is 4.79 Å². The molecule has 1 aromatic rings. The number of hydrogen-bond donors (Lipinski definition) is 1. The van der Waals surface area contributed by atoms with Gasteiger partial charge in [-0.05, 0) is 24.0 Å². The van der Waals surface area contributed by atoms with Gasteiger partial charge in [0.1, 0.15) is 6.04 Å². The molecule has 3 rings (SSSR count). The lowest BCUT2D eigenvalue weighted by atomic mass is 9.86. The molecule has 0 unspecified atom stereocenters. The van der Waals surface area contributed by atoms with Crippen LogP contribution in [-0.4, -0.2) is 27.9 Å². The Morgan fingerprint density at radius 2 is 1.71 bits per heavy atom. The van der Waals surface area contributed by atoms with E-state index < -0.39 is 12.0 Å². The number of nitrogens with zero attached hydrogens (tertiary/aromatic N) is 1. The second kappa shape index (κ2) is 5.88. The van der Waals surface area contributed by atoms with Crippen molar-refractivity contribution in [3.63, 3.8) is 0 Å². The zero-order valence-corrected chi connectivity index (χ0v) is 12.1. The van der Waals surface area contributed by atoms with Crippen molar-refractivity contribution in [2.24, 2.45) is 5.92 Å². The quantitative estimate of drug-likeness (QED) is 0.909. The van der Waals surface area contributed by atoms with Crippen LogP contribution in [0.25, 0.3) is 0 Å². The maximum absolute atomic E-state index is 12.7. The molecule has 1 atom stereocenters. The minimum Gasteiger partial charge on any atom is -0.480 e. The molecule has 0 spiro atoms. The minimum atomic E-state index is -0.895. The van der Waals surface area contributed by atoms with Gasteiger partial charge in [0.2, 0.25) is 5.91 Å². The van der Waals surface area contributed by atoms with E-state index in [0.29, 0.717) is 13.0 Å². The molecule has 1 heterocycles. The summed E-state index contributed by atoms with van der Waals surface area (Å²) in [7, 11) is 0. The Morgan fingerprint density at radius 1 is 1.05 bits per heavy atom. The van der Waals surface area contributed by atoms with E-state index in [1.807, 2.05) is 24.3 Å². The Bertz CT molecular complexity index is 549. The lowest BCUT2D eigenvalue weighted by Crippen LogP contribution is -2.50. The lowest BCUT2D eigenvalue weighted by molar-refractivity contribution is -0.153. The molecular formula is C17H21NO3. The van der Waals surface area contributed by atoms with Gasteiger partial charge in [0, 0.05) is 18.9 Å². The molecule has 1 aliphatic heterocycles. The molecule has 0 aromatic heterocycles. The van der Waals surface area contributed by atoms with Crippen LogP contribution in [0.5, 0.6) is 0 Å². The Kier molecular flexibility index (Phi) is 3.95. The second-order valence-corrected chi connectivity index (χ2v) is 6.13. The van der Waals surface area contributed by atoms with Gasteiger partial charge in [-0.15, -0.1) is 0 Å². The van der Waals surface area contributed by atoms with Crippen LogP contribution in [0.4, 0.5) is 0 Å². The molecule has 1 amide bonds. The molecule has 4 nitrogen and oxygen atoms in total. The Labute approximate surface area is 124 Å². The first kappa shape index (κ1) is 14.1. The molecule has 1 aliphatic carbocycles. The zero-order chi connectivity index (χ0) is 14.8. The molecule has 1 fully saturated rings. The van der Waals surface area contributed by atoms with Gasteiger partial charge in [-0.3, -0.25) is 4.79 Å². The average molecular weight is 287 g/mol. The van der Waals surface area contributed by atoms with Crippen LogP contribution in [-0.2, 0) is 22.6 Å². The fourth-order valence-electron chi connectivity index (χ4n) is 3.56. The molecule has 1 saturated carbocycles. The standard InChI is InChI=1S/C17H21NO3/c19-16(12-6-2-1-3-7-12)18-11-14-9-5-4-8-13(14)10-15(18)17(20)21/h4-5,8-9,12,15H,1-3,6-7,10-11H2,(H,20,21)/t15-/m0/s1. The molecule has 0 radical (unpaired) electrons. The summed E-state index contributed by atoms with van der Waals surface area (Å²) in [5.74, 6) is -0.837. The number of fused-ring (bicyclic) bond motifs is 1. The van der Waals surface area contributed by atoms with E-state index in [0.717, 1.165) is 36.8 Å². The van der Waals surface area contributed by atoms with E-state index >= 15 is 0 Å². The van der Waals surface area contributed by atoms with Crippen LogP contribution in [0.15, 0.2) is 24.3 Å². The molecule has 0 bridgehead atoms. The number of carbonyl (C=O) groups excluding carboxylic acids is 1. The molecule has 4 heteroatoms. The van der Waals surface area contributed by atoms with Crippen molar-refractivity contribution < 1.29 is 14.7 Å². The van der Waals surface area contributed by atoms with Crippen LogP contribution in [0.1, 0.15) is 43.2 Å². The number of carboxylic acid groups (broad SMARTS) is 1. The second-order valence-electron chi connectivity index (χ2n) is 6.13. The van der Waals surface area contributed by atoms with Crippen molar-refractivity contribution in [1.82, 2.24) is 4.90 Å². The predicted molar refractivity (Wildman–Crippen MR) is 78.7 cm³/mol. The van der Waals surface area contributed by atoms with Gasteiger partial charge in [0.05, 0.1) is 0 Å². The van der Waals surface area contributed by atoms with E-state index in [9.17, 15) is 14.7 Å². The fraction of sp³-hybridized carbons (Fsp3) is 0.529. The first-order valence-corrected chi connectivity index (χ1v) is 7.77. The normalized spacial score (nSPS) is 22.7. The smallest absolute Gasteiger partial charge is 0.326 e. The molecule has 2 aliphatic rings. The fourth-order valence-corrected chi connectivity index (χ4v) is 3.56. The summed E-state index contributed by atoms with van der Waals surface area (Å²) >= 11 is 0. The van der Waals surface area contributed by atoms with E-state index in [1.54, 1.807) is 4.90 Å². The van der Waals surface area contributed by atoms with Gasteiger partial charge < -0.3 is 10.0 Å². The Hall–Kier alpha value is -1.84. The summed E-state index contributed by atoms with van der Waals surface area (Å²) in [5.41, 5.74) is 2.14. The number of amides is 1. The van der Waals surface area contributed by atoms with Gasteiger partial charge in [0.15, 0.2) is 0 Å². The summed E-state index contributed by atoms with van der Waals surface area (Å²) in [5, 5.41) is 9.49. The van der Waals surface area contributed by atoms with Crippen LogP contribution in [0.3, 0.4) is 0 Å².